The third-order valence-electron chi connectivity index (χ3n) is 3.08. The molecule has 1 heterocycles. The molecule has 0 bridgehead atoms. The van der Waals surface area contributed by atoms with Crippen molar-refractivity contribution < 1.29 is 9.59 Å². The molecule has 0 radical (unpaired) electrons. The highest BCUT2D eigenvalue weighted by molar-refractivity contribution is 7.17. The monoisotopic (exact) mass is 286 g/mol. The Morgan fingerprint density at radius 1 is 1.50 bits per heavy atom. The summed E-state index contributed by atoms with van der Waals surface area (Å²) in [5.74, 6) is -0.678. The van der Waals surface area contributed by atoms with E-state index in [-0.39, 0.29) is 17.7 Å². The second kappa shape index (κ2) is 5.28. The van der Waals surface area contributed by atoms with Crippen LogP contribution in [0.15, 0.2) is 0 Å². The topological polar surface area (TPSA) is 72.2 Å². The Hall–Kier alpha value is -1.07. The van der Waals surface area contributed by atoms with Gasteiger partial charge in [0, 0.05) is 16.7 Å². The van der Waals surface area contributed by atoms with Gasteiger partial charge in [-0.05, 0) is 24.8 Å². The normalized spacial score (nSPS) is 15.2. The lowest BCUT2D eigenvalue weighted by atomic mass is 10.1. The number of amides is 2. The Bertz CT molecular complexity index is 499. The fourth-order valence-electron chi connectivity index (χ4n) is 2.06. The molecule has 0 aromatic carbocycles. The van der Waals surface area contributed by atoms with Crippen molar-refractivity contribution in [3.8, 4) is 0 Å². The van der Waals surface area contributed by atoms with Crippen LogP contribution >= 0.6 is 22.9 Å². The van der Waals surface area contributed by atoms with E-state index in [4.69, 9.17) is 17.3 Å². The number of halogens is 1. The van der Waals surface area contributed by atoms with Crippen LogP contribution in [0.4, 0.5) is 5.00 Å². The van der Waals surface area contributed by atoms with Crippen LogP contribution in [-0.2, 0) is 17.6 Å². The number of thiophene rings is 1. The molecule has 2 rings (SSSR count). The maximum Gasteiger partial charge on any atom is 0.251 e. The molecule has 3 N–H and O–H groups in total. The van der Waals surface area contributed by atoms with E-state index in [0.717, 1.165) is 29.7 Å². The molecule has 18 heavy (non-hydrogen) atoms. The third kappa shape index (κ3) is 2.37. The number of carbonyl (C=O) groups is 2. The summed E-state index contributed by atoms with van der Waals surface area (Å²) < 4.78 is 0. The van der Waals surface area contributed by atoms with Gasteiger partial charge in [0.05, 0.1) is 5.56 Å². The van der Waals surface area contributed by atoms with Crippen LogP contribution in [0.5, 0.6) is 0 Å². The highest BCUT2D eigenvalue weighted by Gasteiger charge is 2.26. The smallest absolute Gasteiger partial charge is 0.251 e. The standard InChI is InChI=1S/C12H15ClN2O2S/c1-6(5-13)11(17)15-12-9(10(14)16)7-3-2-4-8(7)18-12/h6H,2-5H2,1H3,(H2,14,16)(H,15,17). The molecule has 0 saturated carbocycles. The summed E-state index contributed by atoms with van der Waals surface area (Å²) in [4.78, 5) is 24.5. The molecule has 0 fully saturated rings. The summed E-state index contributed by atoms with van der Waals surface area (Å²) in [5, 5.41) is 3.34. The predicted octanol–water partition coefficient (Wildman–Crippen LogP) is 2.15. The zero-order chi connectivity index (χ0) is 13.3. The summed E-state index contributed by atoms with van der Waals surface area (Å²) in [6, 6.07) is 0. The van der Waals surface area contributed by atoms with Gasteiger partial charge >= 0.3 is 0 Å². The lowest BCUT2D eigenvalue weighted by molar-refractivity contribution is -0.118. The van der Waals surface area contributed by atoms with Crippen molar-refractivity contribution in [2.45, 2.75) is 26.2 Å². The Labute approximate surface area is 115 Å². The molecule has 1 aromatic heterocycles. The number of rotatable bonds is 4. The van der Waals surface area contributed by atoms with Crippen LogP contribution in [0.1, 0.15) is 34.1 Å². The SMILES string of the molecule is CC(CCl)C(=O)Nc1sc2c(c1C(N)=O)CCC2. The Morgan fingerprint density at radius 2 is 2.22 bits per heavy atom. The van der Waals surface area contributed by atoms with E-state index in [1.54, 1.807) is 6.92 Å². The molecule has 0 aliphatic heterocycles. The van der Waals surface area contributed by atoms with E-state index < -0.39 is 5.91 Å². The quantitative estimate of drug-likeness (QED) is 0.833. The highest BCUT2D eigenvalue weighted by atomic mass is 35.5. The number of carbonyl (C=O) groups excluding carboxylic acids is 2. The summed E-state index contributed by atoms with van der Waals surface area (Å²) >= 11 is 7.10. The van der Waals surface area contributed by atoms with Gasteiger partial charge in [0.2, 0.25) is 5.91 Å². The average molecular weight is 287 g/mol. The molecule has 1 aliphatic carbocycles. The molecule has 1 aromatic rings. The molecule has 2 amide bonds. The highest BCUT2D eigenvalue weighted by Crippen LogP contribution is 2.38. The van der Waals surface area contributed by atoms with Crippen LogP contribution in [0.25, 0.3) is 0 Å². The first kappa shape index (κ1) is 13.4. The minimum atomic E-state index is -0.469. The molecule has 1 aliphatic rings. The Morgan fingerprint density at radius 3 is 2.83 bits per heavy atom. The van der Waals surface area contributed by atoms with E-state index in [1.165, 1.54) is 11.3 Å². The maximum absolute atomic E-state index is 11.8. The van der Waals surface area contributed by atoms with Crippen LogP contribution in [0.3, 0.4) is 0 Å². The van der Waals surface area contributed by atoms with E-state index in [9.17, 15) is 9.59 Å². The van der Waals surface area contributed by atoms with Gasteiger partial charge in [0.15, 0.2) is 0 Å². The van der Waals surface area contributed by atoms with Gasteiger partial charge in [-0.15, -0.1) is 22.9 Å². The Kier molecular flexibility index (Phi) is 3.92. The summed E-state index contributed by atoms with van der Waals surface area (Å²) in [5.41, 5.74) is 6.91. The van der Waals surface area contributed by atoms with Crippen LogP contribution < -0.4 is 11.1 Å². The number of fused-ring (bicyclic) bond motifs is 1. The van der Waals surface area contributed by atoms with E-state index in [2.05, 4.69) is 5.32 Å². The minimum Gasteiger partial charge on any atom is -0.365 e. The van der Waals surface area contributed by atoms with Crippen molar-refractivity contribution in [3.63, 3.8) is 0 Å². The second-order valence-electron chi connectivity index (χ2n) is 4.47. The van der Waals surface area contributed by atoms with E-state index >= 15 is 0 Å². The Balaban J connectivity index is 2.29. The number of hydrogen-bond acceptors (Lipinski definition) is 3. The summed E-state index contributed by atoms with van der Waals surface area (Å²) in [7, 11) is 0. The second-order valence-corrected chi connectivity index (χ2v) is 5.88. The number of primary amides is 1. The van der Waals surface area contributed by atoms with Crippen molar-refractivity contribution in [2.24, 2.45) is 11.7 Å². The van der Waals surface area contributed by atoms with Crippen molar-refractivity contribution in [2.75, 3.05) is 11.2 Å². The maximum atomic E-state index is 11.8. The van der Waals surface area contributed by atoms with Crippen LogP contribution in [0, 0.1) is 5.92 Å². The molecule has 6 heteroatoms. The lowest BCUT2D eigenvalue weighted by Crippen LogP contribution is -2.23. The zero-order valence-electron chi connectivity index (χ0n) is 10.1. The van der Waals surface area contributed by atoms with Gasteiger partial charge in [-0.2, -0.15) is 0 Å². The van der Waals surface area contributed by atoms with Gasteiger partial charge in [0.25, 0.3) is 5.91 Å². The first-order valence-electron chi connectivity index (χ1n) is 5.85. The number of hydrogen-bond donors (Lipinski definition) is 2. The fraction of sp³-hybridized carbons (Fsp3) is 0.500. The van der Waals surface area contributed by atoms with Crippen LogP contribution in [-0.4, -0.2) is 17.7 Å². The zero-order valence-corrected chi connectivity index (χ0v) is 11.7. The minimum absolute atomic E-state index is 0.174. The predicted molar refractivity (Wildman–Crippen MR) is 73.4 cm³/mol. The largest absolute Gasteiger partial charge is 0.365 e. The van der Waals surface area contributed by atoms with E-state index in [0.29, 0.717) is 10.6 Å². The average Bonchev–Trinajstić information content (AvgIpc) is 2.86. The summed E-state index contributed by atoms with van der Waals surface area (Å²) in [6.45, 7) is 1.74. The van der Waals surface area contributed by atoms with Crippen molar-refractivity contribution >= 4 is 39.8 Å². The summed E-state index contributed by atoms with van der Waals surface area (Å²) in [6.07, 6.45) is 2.88. The molecule has 0 saturated heterocycles. The van der Waals surface area contributed by atoms with Gasteiger partial charge in [-0.1, -0.05) is 6.92 Å². The van der Waals surface area contributed by atoms with Gasteiger partial charge in [0.1, 0.15) is 5.00 Å². The number of alkyl halides is 1. The molecular formula is C12H15ClN2O2S. The van der Waals surface area contributed by atoms with Gasteiger partial charge in [-0.25, -0.2) is 0 Å². The lowest BCUT2D eigenvalue weighted by Gasteiger charge is -2.09. The van der Waals surface area contributed by atoms with Gasteiger partial charge < -0.3 is 11.1 Å². The van der Waals surface area contributed by atoms with Crippen molar-refractivity contribution in [1.29, 1.82) is 0 Å². The first-order valence-corrected chi connectivity index (χ1v) is 7.20. The molecule has 0 spiro atoms. The van der Waals surface area contributed by atoms with Crippen molar-refractivity contribution in [3.05, 3.63) is 16.0 Å². The van der Waals surface area contributed by atoms with Gasteiger partial charge in [-0.3, -0.25) is 9.59 Å². The molecule has 1 unspecified atom stereocenters. The molecular weight excluding hydrogens is 272 g/mol. The fourth-order valence-corrected chi connectivity index (χ4v) is 3.50. The first-order chi connectivity index (χ1) is 8.54. The number of anilines is 1. The molecule has 4 nitrogen and oxygen atoms in total. The van der Waals surface area contributed by atoms with E-state index in [1.807, 2.05) is 0 Å². The van der Waals surface area contributed by atoms with Crippen molar-refractivity contribution in [1.82, 2.24) is 0 Å². The van der Waals surface area contributed by atoms with Crippen LogP contribution in [0.2, 0.25) is 0 Å². The molecule has 1 atom stereocenters. The number of nitrogens with one attached hydrogen (secondary N) is 1. The number of nitrogens with two attached hydrogens (primary N) is 1. The molecule has 98 valence electrons. The third-order valence-corrected chi connectivity index (χ3v) is 4.75. The number of aryl methyl sites for hydroxylation is 1.